The van der Waals surface area contributed by atoms with E-state index in [-0.39, 0.29) is 0 Å². The second kappa shape index (κ2) is 4.06. The molecule has 0 spiro atoms. The Morgan fingerprint density at radius 3 is 2.60 bits per heavy atom. The summed E-state index contributed by atoms with van der Waals surface area (Å²) in [6.45, 7) is 7.65. The van der Waals surface area contributed by atoms with Crippen molar-refractivity contribution in [2.75, 3.05) is 6.54 Å². The summed E-state index contributed by atoms with van der Waals surface area (Å²) < 4.78 is 0. The summed E-state index contributed by atoms with van der Waals surface area (Å²) in [6, 6.07) is -0.489. The topological polar surface area (TPSA) is 49.3 Å². The molecule has 3 nitrogen and oxygen atoms in total. The minimum Gasteiger partial charge on any atom is -0.480 e. The van der Waals surface area contributed by atoms with Crippen LogP contribution in [0.4, 0.5) is 0 Å². The zero-order valence-electron chi connectivity index (χ0n) is 6.35. The molecule has 58 valence electrons. The van der Waals surface area contributed by atoms with Crippen LogP contribution in [0.2, 0.25) is 0 Å². The number of carbonyl (C=O) groups is 1. The first-order valence-corrected chi connectivity index (χ1v) is 3.14. The van der Waals surface area contributed by atoms with Crippen molar-refractivity contribution in [3.63, 3.8) is 0 Å². The van der Waals surface area contributed by atoms with E-state index in [9.17, 15) is 4.79 Å². The van der Waals surface area contributed by atoms with E-state index >= 15 is 0 Å². The summed E-state index contributed by atoms with van der Waals surface area (Å²) in [7, 11) is 0. The van der Waals surface area contributed by atoms with E-state index in [1.807, 2.05) is 6.92 Å². The molecule has 0 aromatic carbocycles. The van der Waals surface area contributed by atoms with Gasteiger partial charge < -0.3 is 10.4 Å². The number of aliphatic carboxylic acids is 1. The fraction of sp³-hybridized carbons (Fsp3) is 0.571. The quantitative estimate of drug-likeness (QED) is 0.567. The van der Waals surface area contributed by atoms with Crippen molar-refractivity contribution in [2.45, 2.75) is 19.9 Å². The normalized spacial score (nSPS) is 12.6. The Morgan fingerprint density at radius 1 is 1.80 bits per heavy atom. The Hall–Kier alpha value is -0.830. The Bertz CT molecular complexity index is 143. The lowest BCUT2D eigenvalue weighted by molar-refractivity contribution is -0.138. The minimum absolute atomic E-state index is 0.489. The summed E-state index contributed by atoms with van der Waals surface area (Å²) in [4.78, 5) is 10.2. The first kappa shape index (κ1) is 9.17. The van der Waals surface area contributed by atoms with Crippen LogP contribution in [0, 0.1) is 0 Å². The Morgan fingerprint density at radius 2 is 2.30 bits per heavy atom. The van der Waals surface area contributed by atoms with E-state index in [1.165, 1.54) is 0 Å². The van der Waals surface area contributed by atoms with Crippen LogP contribution < -0.4 is 5.32 Å². The molecule has 1 atom stereocenters. The molecule has 2 N–H and O–H groups in total. The Labute approximate surface area is 60.7 Å². The van der Waals surface area contributed by atoms with Gasteiger partial charge in [-0.1, -0.05) is 12.2 Å². The summed E-state index contributed by atoms with van der Waals surface area (Å²) in [6.07, 6.45) is 0. The number of hydrogen-bond acceptors (Lipinski definition) is 2. The van der Waals surface area contributed by atoms with Crippen molar-refractivity contribution in [1.29, 1.82) is 0 Å². The van der Waals surface area contributed by atoms with Crippen LogP contribution in [0.5, 0.6) is 0 Å². The summed E-state index contributed by atoms with van der Waals surface area (Å²) in [5.74, 6) is -0.832. The van der Waals surface area contributed by atoms with Gasteiger partial charge in [0.05, 0.1) is 0 Å². The third kappa shape index (κ3) is 4.09. The highest BCUT2D eigenvalue weighted by Crippen LogP contribution is 1.85. The van der Waals surface area contributed by atoms with Crippen molar-refractivity contribution in [3.8, 4) is 0 Å². The number of nitrogens with one attached hydrogen (secondary N) is 1. The predicted octanol–water partition coefficient (Wildman–Crippen LogP) is 0.625. The van der Waals surface area contributed by atoms with Gasteiger partial charge in [0.25, 0.3) is 0 Å². The van der Waals surface area contributed by atoms with Crippen molar-refractivity contribution in [3.05, 3.63) is 12.2 Å². The van der Waals surface area contributed by atoms with Crippen LogP contribution in [0.25, 0.3) is 0 Å². The molecule has 0 aliphatic heterocycles. The van der Waals surface area contributed by atoms with E-state index in [0.717, 1.165) is 5.57 Å². The van der Waals surface area contributed by atoms with Gasteiger partial charge in [-0.3, -0.25) is 4.79 Å². The van der Waals surface area contributed by atoms with Gasteiger partial charge in [0.1, 0.15) is 6.04 Å². The second-order valence-corrected chi connectivity index (χ2v) is 2.40. The molecule has 0 aromatic heterocycles. The van der Waals surface area contributed by atoms with Crippen LogP contribution in [-0.2, 0) is 4.79 Å². The monoisotopic (exact) mass is 143 g/mol. The summed E-state index contributed by atoms with van der Waals surface area (Å²) >= 11 is 0. The number of carboxylic acid groups (broad SMARTS) is 1. The zero-order chi connectivity index (χ0) is 8.15. The molecule has 0 rings (SSSR count). The smallest absolute Gasteiger partial charge is 0.320 e. The van der Waals surface area contributed by atoms with E-state index in [4.69, 9.17) is 5.11 Å². The molecule has 0 bridgehead atoms. The van der Waals surface area contributed by atoms with Gasteiger partial charge in [0.15, 0.2) is 0 Å². The average Bonchev–Trinajstić information content (AvgIpc) is 1.82. The maximum absolute atomic E-state index is 10.2. The second-order valence-electron chi connectivity index (χ2n) is 2.40. The largest absolute Gasteiger partial charge is 0.480 e. The van der Waals surface area contributed by atoms with Crippen LogP contribution >= 0.6 is 0 Å². The lowest BCUT2D eigenvalue weighted by Crippen LogP contribution is -2.34. The molecule has 0 saturated carbocycles. The van der Waals surface area contributed by atoms with Gasteiger partial charge in [-0.15, -0.1) is 0 Å². The fourth-order valence-electron chi connectivity index (χ4n) is 0.415. The van der Waals surface area contributed by atoms with E-state index in [1.54, 1.807) is 6.92 Å². The molecule has 0 aromatic rings. The molecule has 0 aliphatic rings. The Balaban J connectivity index is 3.49. The average molecular weight is 143 g/mol. The van der Waals surface area contributed by atoms with Crippen molar-refractivity contribution >= 4 is 5.97 Å². The molecule has 10 heavy (non-hydrogen) atoms. The van der Waals surface area contributed by atoms with Crippen molar-refractivity contribution in [2.24, 2.45) is 0 Å². The third-order valence-corrected chi connectivity index (χ3v) is 1.08. The third-order valence-electron chi connectivity index (χ3n) is 1.08. The lowest BCUT2D eigenvalue weighted by atomic mass is 10.3. The van der Waals surface area contributed by atoms with Gasteiger partial charge >= 0.3 is 5.97 Å². The van der Waals surface area contributed by atoms with Crippen LogP contribution in [0.1, 0.15) is 13.8 Å². The lowest BCUT2D eigenvalue weighted by Gasteiger charge is -2.07. The first-order valence-electron chi connectivity index (χ1n) is 3.14. The molecule has 0 amide bonds. The van der Waals surface area contributed by atoms with E-state index in [0.29, 0.717) is 6.54 Å². The fourth-order valence-corrected chi connectivity index (χ4v) is 0.415. The highest BCUT2D eigenvalue weighted by atomic mass is 16.4. The van der Waals surface area contributed by atoms with Gasteiger partial charge in [0, 0.05) is 6.54 Å². The summed E-state index contributed by atoms with van der Waals surface area (Å²) in [5, 5.41) is 11.2. The SMILES string of the molecule is C=C(C)CNC(C)C(=O)O. The highest BCUT2D eigenvalue weighted by Gasteiger charge is 2.07. The maximum Gasteiger partial charge on any atom is 0.320 e. The molecule has 0 saturated heterocycles. The van der Waals surface area contributed by atoms with Crippen LogP contribution in [0.15, 0.2) is 12.2 Å². The number of rotatable bonds is 4. The van der Waals surface area contributed by atoms with Gasteiger partial charge in [0.2, 0.25) is 0 Å². The summed E-state index contributed by atoms with van der Waals surface area (Å²) in [5.41, 5.74) is 0.938. The van der Waals surface area contributed by atoms with Gasteiger partial charge in [-0.2, -0.15) is 0 Å². The number of hydrogen-bond donors (Lipinski definition) is 2. The first-order chi connectivity index (χ1) is 4.54. The molecule has 0 heterocycles. The molecular formula is C7H13NO2. The maximum atomic E-state index is 10.2. The molecule has 0 radical (unpaired) electrons. The minimum atomic E-state index is -0.832. The van der Waals surface area contributed by atoms with Gasteiger partial charge in [-0.05, 0) is 13.8 Å². The van der Waals surface area contributed by atoms with Crippen molar-refractivity contribution in [1.82, 2.24) is 5.32 Å². The zero-order valence-corrected chi connectivity index (χ0v) is 6.35. The predicted molar refractivity (Wildman–Crippen MR) is 39.9 cm³/mol. The standard InChI is InChI=1S/C7H13NO2/c1-5(2)4-8-6(3)7(9)10/h6,8H,1,4H2,2-3H3,(H,9,10). The Kier molecular flexibility index (Phi) is 3.72. The molecule has 0 aliphatic carbocycles. The van der Waals surface area contributed by atoms with Crippen LogP contribution in [-0.4, -0.2) is 23.7 Å². The molecule has 1 unspecified atom stereocenters. The number of carboxylic acids is 1. The molecule has 3 heteroatoms. The van der Waals surface area contributed by atoms with E-state index in [2.05, 4.69) is 11.9 Å². The highest BCUT2D eigenvalue weighted by molar-refractivity contribution is 5.72. The molecule has 0 fully saturated rings. The van der Waals surface area contributed by atoms with Crippen molar-refractivity contribution < 1.29 is 9.90 Å². The van der Waals surface area contributed by atoms with Crippen LogP contribution in [0.3, 0.4) is 0 Å². The molecular weight excluding hydrogens is 130 g/mol. The van der Waals surface area contributed by atoms with E-state index < -0.39 is 12.0 Å². The van der Waals surface area contributed by atoms with Gasteiger partial charge in [-0.25, -0.2) is 0 Å².